The standard InChI is InChI=1S/C36H27N3/c1-3-12-25(13-4-1)31-23-32(26-14-5-2-6-15-26)38-36(37-31)39-33-20-19-24-11-9-10-18-29(24)35(33)30-21-27-16-7-8-17-28(27)22-34(30)39/h1-19,21,23,33-34H,20,22H2. The Morgan fingerprint density at radius 1 is 0.641 bits per heavy atom. The fourth-order valence-corrected chi connectivity index (χ4v) is 6.56. The minimum absolute atomic E-state index is 0.189. The summed E-state index contributed by atoms with van der Waals surface area (Å²) in [6, 6.07) is 41.1. The van der Waals surface area contributed by atoms with Gasteiger partial charge >= 0.3 is 0 Å². The van der Waals surface area contributed by atoms with Crippen molar-refractivity contribution in [1.82, 2.24) is 9.97 Å². The topological polar surface area (TPSA) is 29.0 Å². The van der Waals surface area contributed by atoms with Crippen LogP contribution in [0.2, 0.25) is 0 Å². The quantitative estimate of drug-likeness (QED) is 0.302. The van der Waals surface area contributed by atoms with Crippen LogP contribution in [0.25, 0.3) is 40.2 Å². The van der Waals surface area contributed by atoms with Crippen molar-refractivity contribution in [1.29, 1.82) is 0 Å². The molecule has 1 aromatic heterocycles. The molecule has 2 heterocycles. The van der Waals surface area contributed by atoms with Crippen LogP contribution >= 0.6 is 0 Å². The Hall–Kier alpha value is -4.76. The molecule has 2 atom stereocenters. The molecule has 3 aliphatic rings. The molecule has 39 heavy (non-hydrogen) atoms. The molecule has 0 amide bonds. The van der Waals surface area contributed by atoms with Gasteiger partial charge in [0.1, 0.15) is 0 Å². The van der Waals surface area contributed by atoms with Crippen molar-refractivity contribution >= 4 is 23.7 Å². The average Bonchev–Trinajstić information content (AvgIpc) is 3.34. The monoisotopic (exact) mass is 501 g/mol. The molecule has 0 saturated carbocycles. The van der Waals surface area contributed by atoms with E-state index < -0.39 is 0 Å². The van der Waals surface area contributed by atoms with E-state index in [2.05, 4.69) is 132 Å². The SMILES string of the molecule is C1=C2C3=c4ccccc4=CCC3N(c3nc(-c4ccccc4)cc(-c4ccccc4)n3)C2Cc2ccccc21. The molecule has 186 valence electrons. The van der Waals surface area contributed by atoms with Gasteiger partial charge in [0.2, 0.25) is 5.95 Å². The van der Waals surface area contributed by atoms with E-state index in [0.717, 1.165) is 41.3 Å². The maximum Gasteiger partial charge on any atom is 0.227 e. The van der Waals surface area contributed by atoms with Crippen molar-refractivity contribution in [3.05, 3.63) is 142 Å². The number of aromatic nitrogens is 2. The van der Waals surface area contributed by atoms with Gasteiger partial charge in [-0.1, -0.05) is 115 Å². The van der Waals surface area contributed by atoms with E-state index in [1.54, 1.807) is 0 Å². The molecular formula is C36H27N3. The number of rotatable bonds is 3. The first kappa shape index (κ1) is 22.2. The number of hydrogen-bond acceptors (Lipinski definition) is 3. The van der Waals surface area contributed by atoms with E-state index in [1.807, 2.05) is 0 Å². The highest BCUT2D eigenvalue weighted by Crippen LogP contribution is 2.45. The minimum atomic E-state index is 0.189. The Kier molecular flexibility index (Phi) is 5.09. The van der Waals surface area contributed by atoms with Crippen LogP contribution in [0.4, 0.5) is 5.95 Å². The summed E-state index contributed by atoms with van der Waals surface area (Å²) in [6.07, 6.45) is 6.70. The molecule has 0 radical (unpaired) electrons. The van der Waals surface area contributed by atoms with Gasteiger partial charge in [-0.3, -0.25) is 0 Å². The Labute approximate surface area is 228 Å². The largest absolute Gasteiger partial charge is 0.326 e. The van der Waals surface area contributed by atoms with E-state index >= 15 is 0 Å². The van der Waals surface area contributed by atoms with Crippen molar-refractivity contribution in [2.45, 2.75) is 24.9 Å². The second kappa shape index (κ2) is 8.92. The van der Waals surface area contributed by atoms with Crippen LogP contribution in [0.15, 0.2) is 121 Å². The van der Waals surface area contributed by atoms with Crippen molar-refractivity contribution in [3.63, 3.8) is 0 Å². The zero-order valence-electron chi connectivity index (χ0n) is 21.5. The lowest BCUT2D eigenvalue weighted by molar-refractivity contribution is 0.648. The highest BCUT2D eigenvalue weighted by molar-refractivity contribution is 5.89. The van der Waals surface area contributed by atoms with Crippen LogP contribution < -0.4 is 15.3 Å². The number of benzene rings is 4. The predicted octanol–water partition coefficient (Wildman–Crippen LogP) is 6.04. The number of nitrogens with zero attached hydrogens (tertiary/aromatic N) is 3. The molecule has 2 aliphatic carbocycles. The third-order valence-electron chi connectivity index (χ3n) is 8.35. The summed E-state index contributed by atoms with van der Waals surface area (Å²) >= 11 is 0. The average molecular weight is 502 g/mol. The van der Waals surface area contributed by atoms with Crippen LogP contribution in [0.1, 0.15) is 17.5 Å². The van der Waals surface area contributed by atoms with Gasteiger partial charge in [-0.05, 0) is 57.7 Å². The fraction of sp³-hybridized carbons (Fsp3) is 0.111. The molecule has 3 nitrogen and oxygen atoms in total. The summed E-state index contributed by atoms with van der Waals surface area (Å²) in [5, 5.41) is 2.67. The van der Waals surface area contributed by atoms with Gasteiger partial charge in [-0.25, -0.2) is 9.97 Å². The molecule has 0 N–H and O–H groups in total. The molecule has 4 aromatic carbocycles. The van der Waals surface area contributed by atoms with E-state index in [4.69, 9.17) is 9.97 Å². The van der Waals surface area contributed by atoms with Gasteiger partial charge < -0.3 is 4.90 Å². The third-order valence-corrected chi connectivity index (χ3v) is 8.35. The molecule has 2 unspecified atom stereocenters. The number of hydrogen-bond donors (Lipinski definition) is 0. The number of fused-ring (bicyclic) bond motifs is 5. The number of anilines is 1. The molecule has 5 aromatic rings. The van der Waals surface area contributed by atoms with Gasteiger partial charge in [-0.2, -0.15) is 0 Å². The summed E-state index contributed by atoms with van der Waals surface area (Å²) in [6.45, 7) is 0. The molecule has 0 bridgehead atoms. The second-order valence-corrected chi connectivity index (χ2v) is 10.6. The lowest BCUT2D eigenvalue weighted by atomic mass is 9.84. The van der Waals surface area contributed by atoms with E-state index in [-0.39, 0.29) is 12.1 Å². The Balaban J connectivity index is 1.38. The summed E-state index contributed by atoms with van der Waals surface area (Å²) in [5.74, 6) is 0.804. The Morgan fingerprint density at radius 2 is 1.28 bits per heavy atom. The van der Waals surface area contributed by atoms with Crippen LogP contribution in [0.5, 0.6) is 0 Å². The highest BCUT2D eigenvalue weighted by Gasteiger charge is 2.45. The third kappa shape index (κ3) is 3.65. The molecule has 3 heteroatoms. The lowest BCUT2D eigenvalue weighted by Crippen LogP contribution is -2.42. The van der Waals surface area contributed by atoms with Gasteiger partial charge in [-0.15, -0.1) is 0 Å². The van der Waals surface area contributed by atoms with E-state index in [9.17, 15) is 0 Å². The molecule has 1 saturated heterocycles. The van der Waals surface area contributed by atoms with Crippen molar-refractivity contribution in [2.24, 2.45) is 0 Å². The molecule has 1 fully saturated rings. The Morgan fingerprint density at radius 3 is 2.03 bits per heavy atom. The van der Waals surface area contributed by atoms with Gasteiger partial charge in [0, 0.05) is 11.1 Å². The van der Waals surface area contributed by atoms with Crippen LogP contribution in [-0.4, -0.2) is 22.1 Å². The van der Waals surface area contributed by atoms with E-state index in [1.165, 1.54) is 32.7 Å². The summed E-state index contributed by atoms with van der Waals surface area (Å²) in [5.41, 5.74) is 9.67. The van der Waals surface area contributed by atoms with Crippen LogP contribution in [0, 0.1) is 0 Å². The first-order valence-electron chi connectivity index (χ1n) is 13.7. The zero-order valence-corrected chi connectivity index (χ0v) is 21.5. The van der Waals surface area contributed by atoms with Gasteiger partial charge in [0.25, 0.3) is 0 Å². The van der Waals surface area contributed by atoms with Crippen LogP contribution in [-0.2, 0) is 6.42 Å². The molecule has 0 spiro atoms. The van der Waals surface area contributed by atoms with Crippen molar-refractivity contribution < 1.29 is 0 Å². The fourth-order valence-electron chi connectivity index (χ4n) is 6.56. The smallest absolute Gasteiger partial charge is 0.227 e. The molecule has 8 rings (SSSR count). The first-order chi connectivity index (χ1) is 19.3. The maximum absolute atomic E-state index is 5.27. The molecular weight excluding hydrogens is 474 g/mol. The van der Waals surface area contributed by atoms with Crippen LogP contribution in [0.3, 0.4) is 0 Å². The second-order valence-electron chi connectivity index (χ2n) is 10.6. The first-order valence-corrected chi connectivity index (χ1v) is 13.7. The Bertz CT molecular complexity index is 1810. The molecule has 1 aliphatic heterocycles. The summed E-state index contributed by atoms with van der Waals surface area (Å²) in [7, 11) is 0. The normalized spacial score (nSPS) is 18.8. The van der Waals surface area contributed by atoms with Gasteiger partial charge in [0.15, 0.2) is 0 Å². The summed E-state index contributed by atoms with van der Waals surface area (Å²) < 4.78 is 0. The lowest BCUT2D eigenvalue weighted by Gasteiger charge is -2.32. The van der Waals surface area contributed by atoms with Gasteiger partial charge in [0.05, 0.1) is 23.5 Å². The van der Waals surface area contributed by atoms with E-state index in [0.29, 0.717) is 0 Å². The zero-order chi connectivity index (χ0) is 25.8. The highest BCUT2D eigenvalue weighted by atomic mass is 15.3. The maximum atomic E-state index is 5.27. The van der Waals surface area contributed by atoms with Crippen molar-refractivity contribution in [3.8, 4) is 22.5 Å². The summed E-state index contributed by atoms with van der Waals surface area (Å²) in [4.78, 5) is 13.0. The predicted molar refractivity (Wildman–Crippen MR) is 159 cm³/mol. The minimum Gasteiger partial charge on any atom is -0.326 e. The van der Waals surface area contributed by atoms with Crippen molar-refractivity contribution in [2.75, 3.05) is 4.90 Å².